The van der Waals surface area contributed by atoms with Crippen molar-refractivity contribution in [2.45, 2.75) is 19.4 Å². The Morgan fingerprint density at radius 1 is 1.22 bits per heavy atom. The summed E-state index contributed by atoms with van der Waals surface area (Å²) in [5, 5.41) is 0. The second kappa shape index (κ2) is 7.92. The first-order valence-electron chi connectivity index (χ1n) is 6.03. The first-order valence-corrected chi connectivity index (χ1v) is 6.03. The summed E-state index contributed by atoms with van der Waals surface area (Å²) in [6.45, 7) is 3.24. The number of nitrogens with two attached hydrogens (primary N) is 1. The van der Waals surface area contributed by atoms with Crippen molar-refractivity contribution in [3.8, 4) is 11.5 Å². The minimum Gasteiger partial charge on any atom is -0.496 e. The lowest BCUT2D eigenvalue weighted by Crippen LogP contribution is -2.32. The maximum absolute atomic E-state index is 5.59. The van der Waals surface area contributed by atoms with Crippen LogP contribution in [0.3, 0.4) is 0 Å². The fourth-order valence-corrected chi connectivity index (χ4v) is 1.78. The van der Waals surface area contributed by atoms with Crippen LogP contribution < -0.4 is 20.7 Å². The van der Waals surface area contributed by atoms with Gasteiger partial charge in [-0.25, -0.2) is 0 Å². The van der Waals surface area contributed by atoms with E-state index in [0.29, 0.717) is 13.2 Å². The van der Waals surface area contributed by atoms with Gasteiger partial charge in [0.05, 0.1) is 32.4 Å². The van der Waals surface area contributed by atoms with Gasteiger partial charge in [0.15, 0.2) is 0 Å². The Morgan fingerprint density at radius 3 is 2.28 bits per heavy atom. The van der Waals surface area contributed by atoms with Crippen LogP contribution in [0.25, 0.3) is 0 Å². The predicted molar refractivity (Wildman–Crippen MR) is 70.7 cm³/mol. The summed E-state index contributed by atoms with van der Waals surface area (Å²) < 4.78 is 16.2. The van der Waals surface area contributed by atoms with Gasteiger partial charge in [-0.2, -0.15) is 0 Å². The topological polar surface area (TPSA) is 65.7 Å². The zero-order chi connectivity index (χ0) is 13.4. The van der Waals surface area contributed by atoms with E-state index in [2.05, 4.69) is 12.3 Å². The number of hydrogen-bond acceptors (Lipinski definition) is 5. The van der Waals surface area contributed by atoms with Gasteiger partial charge in [0.1, 0.15) is 11.5 Å². The summed E-state index contributed by atoms with van der Waals surface area (Å²) in [6, 6.07) is 5.47. The van der Waals surface area contributed by atoms with E-state index in [1.54, 1.807) is 14.2 Å². The average molecular weight is 254 g/mol. The molecule has 0 heterocycles. The van der Waals surface area contributed by atoms with E-state index < -0.39 is 0 Å². The standard InChI is InChI=1S/C13H22N2O3/c1-4-8-18-9-10(15-14)13-11(16-2)6-5-7-12(13)17-3/h5-7,10,15H,4,8-9,14H2,1-3H3. The molecular weight excluding hydrogens is 232 g/mol. The van der Waals surface area contributed by atoms with Gasteiger partial charge in [0.2, 0.25) is 0 Å². The number of hydrogen-bond donors (Lipinski definition) is 2. The Balaban J connectivity index is 2.94. The number of methoxy groups -OCH3 is 2. The minimum absolute atomic E-state index is 0.164. The Bertz CT molecular complexity index is 336. The van der Waals surface area contributed by atoms with Crippen LogP contribution in [0.2, 0.25) is 0 Å². The first-order chi connectivity index (χ1) is 8.78. The Morgan fingerprint density at radius 2 is 1.83 bits per heavy atom. The van der Waals surface area contributed by atoms with Gasteiger partial charge in [0, 0.05) is 6.61 Å². The Kier molecular flexibility index (Phi) is 6.49. The lowest BCUT2D eigenvalue weighted by Gasteiger charge is -2.21. The SMILES string of the molecule is CCCOCC(NN)c1c(OC)cccc1OC. The highest BCUT2D eigenvalue weighted by atomic mass is 16.5. The number of rotatable bonds is 8. The number of ether oxygens (including phenoxy) is 3. The third kappa shape index (κ3) is 3.60. The Labute approximate surface area is 108 Å². The van der Waals surface area contributed by atoms with Crippen LogP contribution in [0, 0.1) is 0 Å². The highest BCUT2D eigenvalue weighted by Gasteiger charge is 2.19. The molecule has 0 saturated heterocycles. The highest BCUT2D eigenvalue weighted by Crippen LogP contribution is 2.33. The summed E-state index contributed by atoms with van der Waals surface area (Å²) in [5.74, 6) is 7.06. The molecule has 1 unspecified atom stereocenters. The maximum atomic E-state index is 5.59. The maximum Gasteiger partial charge on any atom is 0.127 e. The summed E-state index contributed by atoms with van der Waals surface area (Å²) in [5.41, 5.74) is 3.62. The number of nitrogens with one attached hydrogen (secondary N) is 1. The molecule has 18 heavy (non-hydrogen) atoms. The van der Waals surface area contributed by atoms with Crippen molar-refractivity contribution in [2.24, 2.45) is 5.84 Å². The molecule has 0 aliphatic heterocycles. The molecule has 0 aliphatic carbocycles. The van der Waals surface area contributed by atoms with Crippen LogP contribution in [0.1, 0.15) is 24.9 Å². The molecule has 1 aromatic rings. The third-order valence-electron chi connectivity index (χ3n) is 2.65. The quantitative estimate of drug-likeness (QED) is 0.419. The number of hydrazine groups is 1. The summed E-state index contributed by atoms with van der Waals surface area (Å²) in [6.07, 6.45) is 0.973. The monoisotopic (exact) mass is 254 g/mol. The van der Waals surface area contributed by atoms with E-state index in [1.807, 2.05) is 18.2 Å². The predicted octanol–water partition coefficient (Wildman–Crippen LogP) is 1.63. The van der Waals surface area contributed by atoms with Crippen LogP contribution in [-0.4, -0.2) is 27.4 Å². The van der Waals surface area contributed by atoms with Crippen molar-refractivity contribution in [3.63, 3.8) is 0 Å². The minimum atomic E-state index is -0.164. The van der Waals surface area contributed by atoms with Crippen LogP contribution in [0.15, 0.2) is 18.2 Å². The van der Waals surface area contributed by atoms with E-state index in [-0.39, 0.29) is 6.04 Å². The largest absolute Gasteiger partial charge is 0.496 e. The normalized spacial score (nSPS) is 12.2. The van der Waals surface area contributed by atoms with Crippen LogP contribution in [-0.2, 0) is 4.74 Å². The van der Waals surface area contributed by atoms with Crippen LogP contribution in [0.4, 0.5) is 0 Å². The second-order valence-electron chi connectivity index (χ2n) is 3.87. The summed E-state index contributed by atoms with van der Waals surface area (Å²) >= 11 is 0. The zero-order valence-corrected chi connectivity index (χ0v) is 11.2. The van der Waals surface area contributed by atoms with Gasteiger partial charge in [0.25, 0.3) is 0 Å². The third-order valence-corrected chi connectivity index (χ3v) is 2.65. The lowest BCUT2D eigenvalue weighted by molar-refractivity contribution is 0.110. The molecule has 0 bridgehead atoms. The lowest BCUT2D eigenvalue weighted by atomic mass is 10.1. The molecule has 5 heteroatoms. The van der Waals surface area contributed by atoms with Crippen LogP contribution >= 0.6 is 0 Å². The van der Waals surface area contributed by atoms with Gasteiger partial charge >= 0.3 is 0 Å². The second-order valence-corrected chi connectivity index (χ2v) is 3.87. The molecule has 0 radical (unpaired) electrons. The smallest absolute Gasteiger partial charge is 0.127 e. The van der Waals surface area contributed by atoms with Crippen LogP contribution in [0.5, 0.6) is 11.5 Å². The van der Waals surface area contributed by atoms with E-state index in [1.165, 1.54) is 0 Å². The fraction of sp³-hybridized carbons (Fsp3) is 0.538. The zero-order valence-electron chi connectivity index (χ0n) is 11.2. The van der Waals surface area contributed by atoms with Gasteiger partial charge in [-0.05, 0) is 18.6 Å². The molecule has 0 amide bonds. The van der Waals surface area contributed by atoms with E-state index in [9.17, 15) is 0 Å². The molecule has 0 saturated carbocycles. The Hall–Kier alpha value is -1.30. The first kappa shape index (κ1) is 14.8. The van der Waals surface area contributed by atoms with Crippen molar-refractivity contribution in [1.29, 1.82) is 0 Å². The average Bonchev–Trinajstić information content (AvgIpc) is 2.43. The van der Waals surface area contributed by atoms with Crippen molar-refractivity contribution < 1.29 is 14.2 Å². The molecule has 0 aromatic heterocycles. The molecule has 1 rings (SSSR count). The number of benzene rings is 1. The van der Waals surface area contributed by atoms with E-state index in [0.717, 1.165) is 23.5 Å². The molecule has 0 spiro atoms. The highest BCUT2D eigenvalue weighted by molar-refractivity contribution is 5.47. The molecule has 1 aromatic carbocycles. The van der Waals surface area contributed by atoms with Crippen molar-refractivity contribution in [3.05, 3.63) is 23.8 Å². The molecular formula is C13H22N2O3. The van der Waals surface area contributed by atoms with Gasteiger partial charge in [-0.3, -0.25) is 11.3 Å². The molecule has 1 atom stereocenters. The van der Waals surface area contributed by atoms with Crippen molar-refractivity contribution in [1.82, 2.24) is 5.43 Å². The molecule has 3 N–H and O–H groups in total. The van der Waals surface area contributed by atoms with E-state index in [4.69, 9.17) is 20.1 Å². The van der Waals surface area contributed by atoms with E-state index >= 15 is 0 Å². The fourth-order valence-electron chi connectivity index (χ4n) is 1.78. The van der Waals surface area contributed by atoms with Gasteiger partial charge in [-0.15, -0.1) is 0 Å². The summed E-state index contributed by atoms with van der Waals surface area (Å²) in [7, 11) is 3.25. The van der Waals surface area contributed by atoms with Gasteiger partial charge in [-0.1, -0.05) is 13.0 Å². The van der Waals surface area contributed by atoms with Crippen molar-refractivity contribution in [2.75, 3.05) is 27.4 Å². The van der Waals surface area contributed by atoms with Gasteiger partial charge < -0.3 is 14.2 Å². The molecule has 102 valence electrons. The molecule has 0 aliphatic rings. The molecule has 0 fully saturated rings. The molecule has 5 nitrogen and oxygen atoms in total. The summed E-state index contributed by atoms with van der Waals surface area (Å²) in [4.78, 5) is 0. The van der Waals surface area contributed by atoms with Crippen molar-refractivity contribution >= 4 is 0 Å².